The first-order chi connectivity index (χ1) is 14.5. The van der Waals surface area contributed by atoms with Gasteiger partial charge in [0.05, 0.1) is 11.1 Å². The zero-order valence-electron chi connectivity index (χ0n) is 16.5. The van der Waals surface area contributed by atoms with E-state index in [4.69, 9.17) is 26.7 Å². The van der Waals surface area contributed by atoms with Crippen molar-refractivity contribution in [1.29, 1.82) is 21.6 Å². The fourth-order valence-electron chi connectivity index (χ4n) is 4.73. The van der Waals surface area contributed by atoms with Crippen LogP contribution in [0.25, 0.3) is 0 Å². The Balaban J connectivity index is 2.80. The molecule has 14 nitrogen and oxygen atoms in total. The molecule has 16 heteroatoms. The fraction of sp³-hybridized carbons (Fsp3) is 0.625. The number of rotatable bonds is 9. The molecule has 0 aromatic rings. The summed E-state index contributed by atoms with van der Waals surface area (Å²) in [5.41, 5.74) is -9.38. The van der Waals surface area contributed by atoms with E-state index in [-0.39, 0.29) is 19.3 Å². The van der Waals surface area contributed by atoms with Crippen LogP contribution in [0.2, 0.25) is 0 Å². The Kier molecular flexibility index (Phi) is 6.50. The van der Waals surface area contributed by atoms with Crippen LogP contribution in [0.1, 0.15) is 38.5 Å². The lowest BCUT2D eigenvalue weighted by molar-refractivity contribution is -0.144. The van der Waals surface area contributed by atoms with Crippen molar-refractivity contribution < 1.29 is 45.7 Å². The van der Waals surface area contributed by atoms with Gasteiger partial charge in [0.2, 0.25) is 0 Å². The Bertz CT molecular complexity index is 1150. The number of carboxylic acid groups (broad SMARTS) is 2. The maximum absolute atomic E-state index is 12.5. The minimum atomic E-state index is -5.07. The first-order valence-electron chi connectivity index (χ1n) is 9.17. The maximum atomic E-state index is 12.5. The van der Waals surface area contributed by atoms with Gasteiger partial charge >= 0.3 is 11.9 Å². The molecule has 178 valence electrons. The van der Waals surface area contributed by atoms with Crippen molar-refractivity contribution in [3.63, 3.8) is 0 Å². The molecule has 8 N–H and O–H groups in total. The van der Waals surface area contributed by atoms with Gasteiger partial charge in [-0.3, -0.25) is 18.7 Å². The van der Waals surface area contributed by atoms with Crippen molar-refractivity contribution in [2.45, 2.75) is 49.0 Å². The Morgan fingerprint density at radius 1 is 0.844 bits per heavy atom. The van der Waals surface area contributed by atoms with Crippen molar-refractivity contribution in [2.75, 3.05) is 0 Å². The molecule has 0 saturated heterocycles. The summed E-state index contributed by atoms with van der Waals surface area (Å²) in [5, 5.41) is 48.1. The van der Waals surface area contributed by atoms with Crippen molar-refractivity contribution in [3.8, 4) is 0 Å². The molecule has 0 heterocycles. The van der Waals surface area contributed by atoms with E-state index in [1.807, 2.05) is 0 Å². The second-order valence-corrected chi connectivity index (χ2v) is 11.0. The maximum Gasteiger partial charge on any atom is 0.322 e. The molecule has 0 aromatic heterocycles. The molecule has 2 saturated carbocycles. The summed E-state index contributed by atoms with van der Waals surface area (Å²) in [7, 11) is -10.1. The van der Waals surface area contributed by atoms with Crippen LogP contribution in [-0.4, -0.2) is 81.4 Å². The van der Waals surface area contributed by atoms with Crippen LogP contribution in [0.4, 0.5) is 0 Å². The van der Waals surface area contributed by atoms with Crippen molar-refractivity contribution >= 4 is 55.0 Å². The molecule has 32 heavy (non-hydrogen) atoms. The van der Waals surface area contributed by atoms with Crippen molar-refractivity contribution in [2.24, 2.45) is 10.8 Å². The highest BCUT2D eigenvalue weighted by Crippen LogP contribution is 2.57. The number of nitrogens with one attached hydrogen (secondary N) is 4. The van der Waals surface area contributed by atoms with E-state index in [2.05, 4.69) is 0 Å². The van der Waals surface area contributed by atoms with E-state index in [9.17, 15) is 40.6 Å². The molecule has 4 unspecified atom stereocenters. The van der Waals surface area contributed by atoms with E-state index >= 15 is 0 Å². The van der Waals surface area contributed by atoms with E-state index in [1.165, 1.54) is 0 Å². The zero-order chi connectivity index (χ0) is 24.9. The molecule has 0 bridgehead atoms. The molecular formula is C16H22N4O10S2. The standard InChI is InChI=1S/C16H22N4O10S2/c17-9-5-7(31(25,26)27)12(19)15(9,4-2-1-3-11(21)22)16(14(23)24)10(18)6-8(13(16)20)32(28,29)30/h7-8,17-20H,1-6H2,(H,21,22)(H,23,24)(H,25,26,27)(H,28,29,30). The minimum absolute atomic E-state index is 0.0910. The van der Waals surface area contributed by atoms with Crippen LogP contribution < -0.4 is 0 Å². The quantitative estimate of drug-likeness (QED) is 0.158. The molecule has 4 atom stereocenters. The first-order valence-corrected chi connectivity index (χ1v) is 12.2. The normalized spacial score (nSPS) is 31.3. The highest BCUT2D eigenvalue weighted by atomic mass is 32.2. The highest BCUT2D eigenvalue weighted by Gasteiger charge is 2.74. The van der Waals surface area contributed by atoms with Crippen LogP contribution in [0, 0.1) is 32.5 Å². The smallest absolute Gasteiger partial charge is 0.322 e. The van der Waals surface area contributed by atoms with Crippen LogP contribution in [0.15, 0.2) is 0 Å². The van der Waals surface area contributed by atoms with Gasteiger partial charge in [-0.2, -0.15) is 16.8 Å². The van der Waals surface area contributed by atoms with Crippen LogP contribution in [-0.2, 0) is 29.8 Å². The Morgan fingerprint density at radius 3 is 1.69 bits per heavy atom. The van der Waals surface area contributed by atoms with Crippen LogP contribution >= 0.6 is 0 Å². The van der Waals surface area contributed by atoms with Crippen molar-refractivity contribution in [1.82, 2.24) is 0 Å². The average molecular weight is 495 g/mol. The van der Waals surface area contributed by atoms with Crippen LogP contribution in [0.3, 0.4) is 0 Å². The monoisotopic (exact) mass is 494 g/mol. The van der Waals surface area contributed by atoms with Gasteiger partial charge in [0.25, 0.3) is 20.2 Å². The molecular weight excluding hydrogens is 472 g/mol. The molecule has 0 amide bonds. The number of carbonyl (C=O) groups is 2. The third-order valence-corrected chi connectivity index (χ3v) is 8.37. The minimum Gasteiger partial charge on any atom is -0.481 e. The number of hydrogen-bond acceptors (Lipinski definition) is 10. The number of aliphatic carboxylic acids is 2. The highest BCUT2D eigenvalue weighted by molar-refractivity contribution is 7.87. The lowest BCUT2D eigenvalue weighted by Crippen LogP contribution is -2.61. The number of carboxylic acids is 2. The van der Waals surface area contributed by atoms with Crippen LogP contribution in [0.5, 0.6) is 0 Å². The van der Waals surface area contributed by atoms with E-state index in [0.717, 1.165) is 0 Å². The molecule has 2 fully saturated rings. The molecule has 2 rings (SSSR count). The average Bonchev–Trinajstić information content (AvgIpc) is 3.04. The zero-order valence-corrected chi connectivity index (χ0v) is 18.1. The second-order valence-electron chi connectivity index (χ2n) is 7.76. The third-order valence-electron chi connectivity index (χ3n) is 6.13. The summed E-state index contributed by atoms with van der Waals surface area (Å²) < 4.78 is 66.2. The molecule has 0 radical (unpaired) electrons. The molecule has 0 aliphatic heterocycles. The van der Waals surface area contributed by atoms with Gasteiger partial charge < -0.3 is 31.9 Å². The lowest BCUT2D eigenvalue weighted by Gasteiger charge is -2.44. The topological polar surface area (TPSA) is 279 Å². The summed E-state index contributed by atoms with van der Waals surface area (Å²) in [6.45, 7) is 0. The molecule has 2 aliphatic rings. The van der Waals surface area contributed by atoms with E-state index < -0.39 is 95.6 Å². The predicted octanol–water partition coefficient (Wildman–Crippen LogP) is 0.0881. The molecule has 0 aromatic carbocycles. The third kappa shape index (κ3) is 3.66. The van der Waals surface area contributed by atoms with Gasteiger partial charge in [0.15, 0.2) is 5.41 Å². The fourth-order valence-corrected chi connectivity index (χ4v) is 6.46. The summed E-state index contributed by atoms with van der Waals surface area (Å²) in [4.78, 5) is 23.4. The second kappa shape index (κ2) is 8.09. The van der Waals surface area contributed by atoms with E-state index in [1.54, 1.807) is 0 Å². The first kappa shape index (κ1) is 25.7. The van der Waals surface area contributed by atoms with Gasteiger partial charge in [-0.15, -0.1) is 0 Å². The Labute approximate surface area is 182 Å². The number of hydrogen-bond donors (Lipinski definition) is 8. The predicted molar refractivity (Wildman–Crippen MR) is 109 cm³/mol. The van der Waals surface area contributed by atoms with Gasteiger partial charge in [-0.1, -0.05) is 6.42 Å². The van der Waals surface area contributed by atoms with Gasteiger partial charge in [0.1, 0.15) is 10.5 Å². The summed E-state index contributed by atoms with van der Waals surface area (Å²) in [5.74, 6) is -3.20. The van der Waals surface area contributed by atoms with Gasteiger partial charge in [0, 0.05) is 36.4 Å². The summed E-state index contributed by atoms with van der Waals surface area (Å²) >= 11 is 0. The van der Waals surface area contributed by atoms with Crippen molar-refractivity contribution in [3.05, 3.63) is 0 Å². The molecule has 2 aliphatic carbocycles. The Hall–Kier alpha value is -2.56. The van der Waals surface area contributed by atoms with Gasteiger partial charge in [-0.25, -0.2) is 0 Å². The van der Waals surface area contributed by atoms with E-state index in [0.29, 0.717) is 0 Å². The number of unbranched alkanes of at least 4 members (excludes halogenated alkanes) is 1. The van der Waals surface area contributed by atoms with Gasteiger partial charge in [-0.05, 0) is 12.8 Å². The lowest BCUT2D eigenvalue weighted by atomic mass is 9.56. The summed E-state index contributed by atoms with van der Waals surface area (Å²) in [6, 6.07) is 0. The SMILES string of the molecule is N=C1CC(S(=O)(=O)O)C(=N)C1(CCCCC(=O)O)C1(C(=O)O)C(=N)CC(S(=O)(=O)O)C1=N. The Morgan fingerprint density at radius 2 is 1.31 bits per heavy atom. The summed E-state index contributed by atoms with van der Waals surface area (Å²) in [6.07, 6.45) is -2.99. The largest absolute Gasteiger partial charge is 0.481 e. The molecule has 0 spiro atoms.